The molecule has 0 fully saturated rings. The van der Waals surface area contributed by atoms with E-state index in [-0.39, 0.29) is 0 Å². The first kappa shape index (κ1) is 11.2. The molecule has 0 aromatic heterocycles. The number of hydrogen-bond donors (Lipinski definition) is 2. The Morgan fingerprint density at radius 1 is 1.17 bits per heavy atom. The average Bonchev–Trinajstić information content (AvgIpc) is 2.02. The first-order chi connectivity index (χ1) is 5.49. The van der Waals surface area contributed by atoms with Crippen molar-refractivity contribution in [2.45, 2.75) is 32.9 Å². The third kappa shape index (κ3) is 3.58. The molecule has 0 aliphatic rings. The van der Waals surface area contributed by atoms with Gasteiger partial charge in [-0.05, 0) is 27.8 Å². The zero-order valence-electron chi connectivity index (χ0n) is 8.57. The SMILES string of the molecule is C=C(C)C(C)NC(=C)[C@H](C)NC. The summed E-state index contributed by atoms with van der Waals surface area (Å²) >= 11 is 0. The van der Waals surface area contributed by atoms with Crippen LogP contribution >= 0.6 is 0 Å². The maximum absolute atomic E-state index is 3.93. The van der Waals surface area contributed by atoms with Gasteiger partial charge in [-0.15, -0.1) is 0 Å². The van der Waals surface area contributed by atoms with Gasteiger partial charge in [0, 0.05) is 17.8 Å². The van der Waals surface area contributed by atoms with E-state index >= 15 is 0 Å². The summed E-state index contributed by atoms with van der Waals surface area (Å²) in [6.07, 6.45) is 0. The van der Waals surface area contributed by atoms with Gasteiger partial charge in [0.15, 0.2) is 0 Å². The average molecular weight is 168 g/mol. The standard InChI is InChI=1S/C10H20N2/c1-7(2)8(3)12-10(5)9(4)11-6/h8-9,11-12H,1,5H2,2-4,6H3/t8?,9-/m0/s1. The molecule has 0 spiro atoms. The van der Waals surface area contributed by atoms with Crippen molar-refractivity contribution in [3.8, 4) is 0 Å². The Labute approximate surface area is 75.7 Å². The van der Waals surface area contributed by atoms with Gasteiger partial charge in [0.05, 0.1) is 0 Å². The third-order valence-electron chi connectivity index (χ3n) is 2.10. The Hall–Kier alpha value is -0.760. The van der Waals surface area contributed by atoms with Gasteiger partial charge >= 0.3 is 0 Å². The molecule has 0 aliphatic carbocycles. The Kier molecular flexibility index (Phi) is 4.67. The van der Waals surface area contributed by atoms with E-state index in [1.807, 2.05) is 14.0 Å². The second-order valence-electron chi connectivity index (χ2n) is 3.25. The fraction of sp³-hybridized carbons (Fsp3) is 0.600. The predicted octanol–water partition coefficient (Wildman–Crippen LogP) is 1.66. The van der Waals surface area contributed by atoms with Crippen LogP contribution in [0.15, 0.2) is 24.4 Å². The molecule has 0 saturated heterocycles. The van der Waals surface area contributed by atoms with Gasteiger partial charge in [0.2, 0.25) is 0 Å². The van der Waals surface area contributed by atoms with Crippen LogP contribution < -0.4 is 10.6 Å². The van der Waals surface area contributed by atoms with Crippen LogP contribution in [-0.2, 0) is 0 Å². The summed E-state index contributed by atoms with van der Waals surface area (Å²) in [6, 6.07) is 0.597. The second-order valence-corrected chi connectivity index (χ2v) is 3.25. The van der Waals surface area contributed by atoms with Crippen molar-refractivity contribution < 1.29 is 0 Å². The molecule has 0 bridgehead atoms. The quantitative estimate of drug-likeness (QED) is 0.610. The topological polar surface area (TPSA) is 24.1 Å². The van der Waals surface area contributed by atoms with E-state index in [0.717, 1.165) is 11.3 Å². The summed E-state index contributed by atoms with van der Waals surface area (Å²) < 4.78 is 0. The monoisotopic (exact) mass is 168 g/mol. The molecule has 2 N–H and O–H groups in total. The second kappa shape index (κ2) is 4.99. The van der Waals surface area contributed by atoms with E-state index in [0.29, 0.717) is 12.1 Å². The van der Waals surface area contributed by atoms with Crippen LogP contribution in [0.25, 0.3) is 0 Å². The van der Waals surface area contributed by atoms with Crippen molar-refractivity contribution in [2.24, 2.45) is 0 Å². The number of nitrogens with one attached hydrogen (secondary N) is 2. The first-order valence-electron chi connectivity index (χ1n) is 4.27. The molecule has 0 heterocycles. The van der Waals surface area contributed by atoms with E-state index in [1.165, 1.54) is 0 Å². The van der Waals surface area contributed by atoms with Crippen molar-refractivity contribution in [1.82, 2.24) is 10.6 Å². The van der Waals surface area contributed by atoms with Crippen LogP contribution in [0.2, 0.25) is 0 Å². The largest absolute Gasteiger partial charge is 0.381 e. The minimum atomic E-state index is 0.298. The van der Waals surface area contributed by atoms with Gasteiger partial charge in [-0.2, -0.15) is 0 Å². The normalized spacial score (nSPS) is 15.0. The Morgan fingerprint density at radius 3 is 2.00 bits per heavy atom. The molecule has 12 heavy (non-hydrogen) atoms. The van der Waals surface area contributed by atoms with Crippen LogP contribution in [0.1, 0.15) is 20.8 Å². The molecule has 0 aliphatic heterocycles. The number of likely N-dealkylation sites (N-methyl/N-ethyl adjacent to an activating group) is 1. The maximum atomic E-state index is 3.93. The molecule has 0 saturated carbocycles. The summed E-state index contributed by atoms with van der Waals surface area (Å²) in [4.78, 5) is 0. The van der Waals surface area contributed by atoms with E-state index in [1.54, 1.807) is 0 Å². The van der Waals surface area contributed by atoms with E-state index in [4.69, 9.17) is 0 Å². The molecule has 70 valence electrons. The van der Waals surface area contributed by atoms with E-state index in [2.05, 4.69) is 37.6 Å². The summed E-state index contributed by atoms with van der Waals surface area (Å²) in [5, 5.41) is 6.39. The Balaban J connectivity index is 3.92. The fourth-order valence-electron chi connectivity index (χ4n) is 0.701. The smallest absolute Gasteiger partial charge is 0.0437 e. The van der Waals surface area contributed by atoms with Crippen molar-refractivity contribution in [3.63, 3.8) is 0 Å². The predicted molar refractivity (Wildman–Crippen MR) is 55.1 cm³/mol. The number of rotatable bonds is 5. The van der Waals surface area contributed by atoms with Crippen LogP contribution in [-0.4, -0.2) is 19.1 Å². The lowest BCUT2D eigenvalue weighted by molar-refractivity contribution is 0.591. The van der Waals surface area contributed by atoms with E-state index < -0.39 is 0 Å². The van der Waals surface area contributed by atoms with Gasteiger partial charge in [-0.3, -0.25) is 0 Å². The minimum absolute atomic E-state index is 0.298. The Morgan fingerprint density at radius 2 is 1.67 bits per heavy atom. The van der Waals surface area contributed by atoms with Gasteiger partial charge in [-0.25, -0.2) is 0 Å². The summed E-state index contributed by atoms with van der Waals surface area (Å²) in [5.74, 6) is 0. The minimum Gasteiger partial charge on any atom is -0.381 e. The third-order valence-corrected chi connectivity index (χ3v) is 2.10. The molecule has 0 radical (unpaired) electrons. The summed E-state index contributed by atoms with van der Waals surface area (Å²) in [6.45, 7) is 14.0. The lowest BCUT2D eigenvalue weighted by Crippen LogP contribution is -2.35. The highest BCUT2D eigenvalue weighted by Crippen LogP contribution is 2.01. The molecule has 0 rings (SSSR count). The Bertz CT molecular complexity index is 173. The molecule has 2 heteroatoms. The zero-order chi connectivity index (χ0) is 9.72. The van der Waals surface area contributed by atoms with Gasteiger partial charge in [-0.1, -0.05) is 18.7 Å². The molecular formula is C10H20N2. The summed E-state index contributed by atoms with van der Waals surface area (Å²) in [5.41, 5.74) is 2.13. The van der Waals surface area contributed by atoms with Crippen molar-refractivity contribution in [3.05, 3.63) is 24.4 Å². The van der Waals surface area contributed by atoms with E-state index in [9.17, 15) is 0 Å². The van der Waals surface area contributed by atoms with Gasteiger partial charge in [0.25, 0.3) is 0 Å². The van der Waals surface area contributed by atoms with Crippen molar-refractivity contribution in [1.29, 1.82) is 0 Å². The highest BCUT2D eigenvalue weighted by molar-refractivity contribution is 5.09. The molecule has 0 amide bonds. The lowest BCUT2D eigenvalue weighted by atomic mass is 10.1. The van der Waals surface area contributed by atoms with Gasteiger partial charge < -0.3 is 10.6 Å². The van der Waals surface area contributed by atoms with Crippen LogP contribution in [0.4, 0.5) is 0 Å². The van der Waals surface area contributed by atoms with Crippen molar-refractivity contribution in [2.75, 3.05) is 7.05 Å². The van der Waals surface area contributed by atoms with Crippen LogP contribution in [0, 0.1) is 0 Å². The van der Waals surface area contributed by atoms with Crippen LogP contribution in [0.5, 0.6) is 0 Å². The summed E-state index contributed by atoms with van der Waals surface area (Å²) in [7, 11) is 1.92. The van der Waals surface area contributed by atoms with Crippen LogP contribution in [0.3, 0.4) is 0 Å². The molecule has 1 unspecified atom stereocenters. The fourth-order valence-corrected chi connectivity index (χ4v) is 0.701. The molecule has 2 nitrogen and oxygen atoms in total. The lowest BCUT2D eigenvalue weighted by Gasteiger charge is -2.21. The molecular weight excluding hydrogens is 148 g/mol. The molecule has 0 aromatic rings. The zero-order valence-corrected chi connectivity index (χ0v) is 8.57. The molecule has 0 aromatic carbocycles. The highest BCUT2D eigenvalue weighted by atomic mass is 15.0. The van der Waals surface area contributed by atoms with Crippen molar-refractivity contribution >= 4 is 0 Å². The number of hydrogen-bond acceptors (Lipinski definition) is 2. The molecule has 2 atom stereocenters. The highest BCUT2D eigenvalue weighted by Gasteiger charge is 2.06. The van der Waals surface area contributed by atoms with Gasteiger partial charge in [0.1, 0.15) is 0 Å². The maximum Gasteiger partial charge on any atom is 0.0437 e. The first-order valence-corrected chi connectivity index (χ1v) is 4.27.